The van der Waals surface area contributed by atoms with Crippen LogP contribution in [0.2, 0.25) is 0 Å². The van der Waals surface area contributed by atoms with E-state index < -0.39 is 0 Å². The summed E-state index contributed by atoms with van der Waals surface area (Å²) in [4.78, 5) is 26.8. The van der Waals surface area contributed by atoms with E-state index >= 15 is 0 Å². The van der Waals surface area contributed by atoms with Gasteiger partial charge in [0.1, 0.15) is 5.75 Å². The van der Waals surface area contributed by atoms with Gasteiger partial charge in [-0.2, -0.15) is 0 Å². The molecular weight excluding hydrogens is 364 g/mol. The highest BCUT2D eigenvalue weighted by atomic mass is 16.5. The van der Waals surface area contributed by atoms with Crippen LogP contribution in [-0.2, 0) is 4.79 Å². The molecule has 29 heavy (non-hydrogen) atoms. The average Bonchev–Trinajstić information content (AvgIpc) is 2.99. The second kappa shape index (κ2) is 7.64. The number of amides is 2. The van der Waals surface area contributed by atoms with Gasteiger partial charge >= 0.3 is 0 Å². The molecule has 0 spiro atoms. The number of fused-ring (bicyclic) bond motifs is 1. The molecule has 2 amide bonds. The summed E-state index contributed by atoms with van der Waals surface area (Å²) in [5, 5.41) is 2.90. The molecule has 1 aliphatic rings. The summed E-state index contributed by atoms with van der Waals surface area (Å²) in [6.07, 6.45) is 1.85. The maximum Gasteiger partial charge on any atom is 0.258 e. The maximum atomic E-state index is 12.6. The SMILES string of the molecule is COc1ccc(C(=O)Nc2cccc(/C=C3/C(=O)N(C)c4ccccc43)c2)cc1. The number of anilines is 2. The third-order valence-corrected chi connectivity index (χ3v) is 4.90. The number of carbonyl (C=O) groups is 2. The van der Waals surface area contributed by atoms with Crippen molar-refractivity contribution in [1.82, 2.24) is 0 Å². The van der Waals surface area contributed by atoms with Crippen LogP contribution in [-0.4, -0.2) is 26.0 Å². The molecule has 3 aromatic carbocycles. The quantitative estimate of drug-likeness (QED) is 0.676. The highest BCUT2D eigenvalue weighted by molar-refractivity contribution is 6.35. The monoisotopic (exact) mass is 384 g/mol. The lowest BCUT2D eigenvalue weighted by atomic mass is 10.0. The Morgan fingerprint density at radius 1 is 1.00 bits per heavy atom. The Morgan fingerprint density at radius 2 is 1.76 bits per heavy atom. The van der Waals surface area contributed by atoms with E-state index in [0.29, 0.717) is 22.6 Å². The first-order chi connectivity index (χ1) is 14.1. The summed E-state index contributed by atoms with van der Waals surface area (Å²) in [5.41, 5.74) is 4.48. The number of nitrogens with zero attached hydrogens (tertiary/aromatic N) is 1. The maximum absolute atomic E-state index is 12.6. The van der Waals surface area contributed by atoms with E-state index in [1.807, 2.05) is 54.6 Å². The van der Waals surface area contributed by atoms with E-state index in [4.69, 9.17) is 4.74 Å². The molecule has 0 atom stereocenters. The highest BCUT2D eigenvalue weighted by Crippen LogP contribution is 2.36. The Balaban J connectivity index is 1.58. The first kappa shape index (κ1) is 18.5. The van der Waals surface area contributed by atoms with Crippen molar-refractivity contribution in [2.45, 2.75) is 0 Å². The normalized spacial score (nSPS) is 14.1. The van der Waals surface area contributed by atoms with Crippen molar-refractivity contribution in [1.29, 1.82) is 0 Å². The van der Waals surface area contributed by atoms with Crippen molar-refractivity contribution in [3.63, 3.8) is 0 Å². The topological polar surface area (TPSA) is 58.6 Å². The molecule has 3 aromatic rings. The first-order valence-electron chi connectivity index (χ1n) is 9.21. The van der Waals surface area contributed by atoms with Gasteiger partial charge in [-0.25, -0.2) is 0 Å². The number of likely N-dealkylation sites (N-methyl/N-ethyl adjacent to an activating group) is 1. The number of benzene rings is 3. The molecule has 0 saturated heterocycles. The fourth-order valence-electron chi connectivity index (χ4n) is 3.36. The van der Waals surface area contributed by atoms with Gasteiger partial charge < -0.3 is 15.0 Å². The molecular formula is C24H20N2O3. The van der Waals surface area contributed by atoms with Gasteiger partial charge in [-0.15, -0.1) is 0 Å². The minimum atomic E-state index is -0.209. The number of hydrogen-bond donors (Lipinski definition) is 1. The van der Waals surface area contributed by atoms with Gasteiger partial charge in [0.2, 0.25) is 0 Å². The summed E-state index contributed by atoms with van der Waals surface area (Å²) in [5.74, 6) is 0.444. The zero-order valence-electron chi connectivity index (χ0n) is 16.2. The van der Waals surface area contributed by atoms with Crippen LogP contribution in [0.1, 0.15) is 21.5 Å². The molecule has 0 bridgehead atoms. The minimum absolute atomic E-state index is 0.0427. The second-order valence-electron chi connectivity index (χ2n) is 6.75. The summed E-state index contributed by atoms with van der Waals surface area (Å²) < 4.78 is 5.12. The molecule has 0 unspecified atom stereocenters. The van der Waals surface area contributed by atoms with Crippen molar-refractivity contribution < 1.29 is 14.3 Å². The lowest BCUT2D eigenvalue weighted by molar-refractivity contribution is -0.112. The zero-order chi connectivity index (χ0) is 20.4. The van der Waals surface area contributed by atoms with Crippen molar-refractivity contribution in [3.8, 4) is 5.75 Å². The number of nitrogens with one attached hydrogen (secondary N) is 1. The number of para-hydroxylation sites is 1. The predicted molar refractivity (Wildman–Crippen MR) is 115 cm³/mol. The van der Waals surface area contributed by atoms with Gasteiger partial charge in [-0.1, -0.05) is 30.3 Å². The van der Waals surface area contributed by atoms with Gasteiger partial charge in [-0.3, -0.25) is 9.59 Å². The Kier molecular flexibility index (Phi) is 4.87. The molecule has 0 aliphatic carbocycles. The van der Waals surface area contributed by atoms with E-state index in [0.717, 1.165) is 16.8 Å². The van der Waals surface area contributed by atoms with Crippen LogP contribution >= 0.6 is 0 Å². The molecule has 0 fully saturated rings. The van der Waals surface area contributed by atoms with Crippen molar-refractivity contribution in [3.05, 3.63) is 89.5 Å². The fourth-order valence-corrected chi connectivity index (χ4v) is 3.36. The fraction of sp³-hybridized carbons (Fsp3) is 0.0833. The van der Waals surface area contributed by atoms with Gasteiger partial charge in [0.05, 0.1) is 12.8 Å². The summed E-state index contributed by atoms with van der Waals surface area (Å²) in [6, 6.07) is 22.1. The van der Waals surface area contributed by atoms with Crippen molar-refractivity contribution >= 4 is 34.8 Å². The van der Waals surface area contributed by atoms with E-state index in [9.17, 15) is 9.59 Å². The number of carbonyl (C=O) groups excluding carboxylic acids is 2. The molecule has 4 rings (SSSR count). The number of hydrogen-bond acceptors (Lipinski definition) is 3. The third kappa shape index (κ3) is 3.62. The molecule has 0 saturated carbocycles. The molecule has 5 heteroatoms. The molecule has 0 radical (unpaired) electrons. The second-order valence-corrected chi connectivity index (χ2v) is 6.75. The lowest BCUT2D eigenvalue weighted by Gasteiger charge is -2.08. The van der Waals surface area contributed by atoms with E-state index in [-0.39, 0.29) is 11.8 Å². The Hall–Kier alpha value is -3.86. The van der Waals surface area contributed by atoms with Crippen LogP contribution in [0, 0.1) is 0 Å². The van der Waals surface area contributed by atoms with Gasteiger partial charge in [0, 0.05) is 29.4 Å². The van der Waals surface area contributed by atoms with Crippen LogP contribution in [0.15, 0.2) is 72.8 Å². The summed E-state index contributed by atoms with van der Waals surface area (Å²) in [6.45, 7) is 0. The van der Waals surface area contributed by atoms with Crippen molar-refractivity contribution in [2.75, 3.05) is 24.4 Å². The van der Waals surface area contributed by atoms with Gasteiger partial charge in [0.25, 0.3) is 11.8 Å². The van der Waals surface area contributed by atoms with E-state index in [2.05, 4.69) is 5.32 Å². The Bertz CT molecular complexity index is 1120. The zero-order valence-corrected chi connectivity index (χ0v) is 16.2. The van der Waals surface area contributed by atoms with Crippen LogP contribution < -0.4 is 15.0 Å². The van der Waals surface area contributed by atoms with Crippen LogP contribution in [0.3, 0.4) is 0 Å². The minimum Gasteiger partial charge on any atom is -0.497 e. The first-order valence-corrected chi connectivity index (χ1v) is 9.21. The Morgan fingerprint density at radius 3 is 2.52 bits per heavy atom. The van der Waals surface area contributed by atoms with Crippen molar-refractivity contribution in [2.24, 2.45) is 0 Å². The number of methoxy groups -OCH3 is 1. The van der Waals surface area contributed by atoms with Gasteiger partial charge in [0.15, 0.2) is 0 Å². The molecule has 1 heterocycles. The van der Waals surface area contributed by atoms with E-state index in [1.165, 1.54) is 0 Å². The molecule has 0 aromatic heterocycles. The number of rotatable bonds is 4. The predicted octanol–water partition coefficient (Wildman–Crippen LogP) is 4.46. The highest BCUT2D eigenvalue weighted by Gasteiger charge is 2.28. The average molecular weight is 384 g/mol. The summed E-state index contributed by atoms with van der Waals surface area (Å²) >= 11 is 0. The Labute approximate surface area is 169 Å². The molecule has 1 aliphatic heterocycles. The molecule has 1 N–H and O–H groups in total. The van der Waals surface area contributed by atoms with E-state index in [1.54, 1.807) is 43.3 Å². The lowest BCUT2D eigenvalue weighted by Crippen LogP contribution is -2.20. The van der Waals surface area contributed by atoms with Gasteiger partial charge in [-0.05, 0) is 54.1 Å². The largest absolute Gasteiger partial charge is 0.497 e. The molecule has 144 valence electrons. The standard InChI is InChI=1S/C24H20N2O3/c1-26-22-9-4-3-8-20(22)21(24(26)28)15-16-6-5-7-18(14-16)25-23(27)17-10-12-19(29-2)13-11-17/h3-15H,1-2H3,(H,25,27)/b21-15+. The van der Waals surface area contributed by atoms with Crippen LogP contribution in [0.5, 0.6) is 5.75 Å². The van der Waals surface area contributed by atoms with Crippen LogP contribution in [0.25, 0.3) is 11.6 Å². The summed E-state index contributed by atoms with van der Waals surface area (Å²) in [7, 11) is 3.35. The van der Waals surface area contributed by atoms with Crippen LogP contribution in [0.4, 0.5) is 11.4 Å². The molecule has 5 nitrogen and oxygen atoms in total. The number of ether oxygens (including phenoxy) is 1. The smallest absolute Gasteiger partial charge is 0.258 e. The third-order valence-electron chi connectivity index (χ3n) is 4.90.